The van der Waals surface area contributed by atoms with Crippen molar-refractivity contribution < 1.29 is 68.2 Å². The highest BCUT2D eigenvalue weighted by Crippen LogP contribution is 2.41. The Morgan fingerprint density at radius 1 is 0.906 bits per heavy atom. The number of aliphatic hydroxyl groups excluding tert-OH is 4. The molecule has 3 heterocycles. The Bertz CT molecular complexity index is 1170. The molecular weight excluding hydrogens is 697 g/mol. The molecule has 3 aliphatic rings. The third-order valence-electron chi connectivity index (χ3n) is 12.4. The number of halogens is 1. The van der Waals surface area contributed by atoms with E-state index < -0.39 is 127 Å². The maximum atomic E-state index is 14.1. The molecule has 0 aromatic carbocycles. The van der Waals surface area contributed by atoms with Crippen LogP contribution in [0, 0.1) is 23.7 Å². The highest BCUT2D eigenvalue weighted by Gasteiger charge is 2.53. The summed E-state index contributed by atoms with van der Waals surface area (Å²) in [6, 6.07) is -0.531. The number of methoxy groups -OCH3 is 1. The van der Waals surface area contributed by atoms with Crippen molar-refractivity contribution in [3.63, 3.8) is 0 Å². The molecule has 19 atom stereocenters. The second kappa shape index (κ2) is 18.5. The topological polar surface area (TPSA) is 197 Å². The Kier molecular flexibility index (Phi) is 16.1. The zero-order chi connectivity index (χ0) is 40.4. The van der Waals surface area contributed by atoms with Crippen LogP contribution in [-0.4, -0.2) is 159 Å². The minimum atomic E-state index is -1.96. The lowest BCUT2D eigenvalue weighted by Gasteiger charge is -2.49. The zero-order valence-corrected chi connectivity index (χ0v) is 33.8. The number of carbonyl (C=O) groups is 1. The van der Waals surface area contributed by atoms with Crippen LogP contribution < -0.4 is 0 Å². The van der Waals surface area contributed by atoms with Crippen LogP contribution in [0.15, 0.2) is 0 Å². The number of hydrogen-bond acceptors (Lipinski definition) is 14. The predicted octanol–water partition coefficient (Wildman–Crippen LogP) is 1.92. The lowest BCUT2D eigenvalue weighted by atomic mass is 9.73. The van der Waals surface area contributed by atoms with E-state index in [0.29, 0.717) is 6.42 Å². The van der Waals surface area contributed by atoms with Gasteiger partial charge in [0.15, 0.2) is 12.6 Å². The van der Waals surface area contributed by atoms with Gasteiger partial charge in [0.2, 0.25) is 0 Å². The van der Waals surface area contributed by atoms with Crippen molar-refractivity contribution in [1.29, 1.82) is 0 Å². The summed E-state index contributed by atoms with van der Waals surface area (Å²) < 4.78 is 50.5. The van der Waals surface area contributed by atoms with E-state index in [1.165, 1.54) is 21.0 Å². The Balaban J connectivity index is 2.18. The molecule has 0 saturated carbocycles. The van der Waals surface area contributed by atoms with E-state index in [9.17, 15) is 39.8 Å². The number of nitrogens with zero attached hydrogens (tertiary/aromatic N) is 1. The number of likely N-dealkylation sites (N-methyl/N-ethyl adjacent to an activating group) is 1. The van der Waals surface area contributed by atoms with Gasteiger partial charge in [-0.15, -0.1) is 0 Å². The Labute approximate surface area is 315 Å². The first-order valence-corrected chi connectivity index (χ1v) is 19.3. The normalized spacial score (nSPS) is 49.7. The summed E-state index contributed by atoms with van der Waals surface area (Å²) in [7, 11) is 3.18. The molecule has 15 heteroatoms. The van der Waals surface area contributed by atoms with Crippen LogP contribution in [0.1, 0.15) is 94.9 Å². The zero-order valence-electron chi connectivity index (χ0n) is 33.8. The van der Waals surface area contributed by atoms with Crippen LogP contribution in [0.2, 0.25) is 0 Å². The van der Waals surface area contributed by atoms with Gasteiger partial charge >= 0.3 is 5.97 Å². The predicted molar refractivity (Wildman–Crippen MR) is 192 cm³/mol. The molecule has 0 unspecified atom stereocenters. The SMILES string of the molecule is CC[C@H]1OC(=O)[C@H](C)[C@@H](O[C@@H]2C[C@@](C)(OC)[C@@H](O)[C@H](C)O2)[C@H](C)[C@@H](O[C@@H]2O[C@H](C)C[C@H](N(C)CCF)[C@H]2O)[C@](C)(O)C[C@@H](C)[C@H](O)[C@H](C)[C@@H](O)[C@]1(C)O. The third-order valence-corrected chi connectivity index (χ3v) is 12.4. The van der Waals surface area contributed by atoms with Crippen LogP contribution in [0.5, 0.6) is 0 Å². The van der Waals surface area contributed by atoms with E-state index in [1.807, 2.05) is 6.92 Å². The fourth-order valence-corrected chi connectivity index (χ4v) is 8.81. The summed E-state index contributed by atoms with van der Waals surface area (Å²) in [6.07, 6.45) is -11.4. The van der Waals surface area contributed by atoms with Crippen molar-refractivity contribution in [2.75, 3.05) is 27.4 Å². The molecular formula is C38H70FNO13. The molecule has 0 amide bonds. The van der Waals surface area contributed by atoms with Gasteiger partial charge in [-0.2, -0.15) is 0 Å². The van der Waals surface area contributed by atoms with Gasteiger partial charge in [0.1, 0.15) is 30.6 Å². The van der Waals surface area contributed by atoms with Crippen molar-refractivity contribution in [2.24, 2.45) is 23.7 Å². The number of cyclic esters (lactones) is 1. The van der Waals surface area contributed by atoms with Crippen molar-refractivity contribution in [1.82, 2.24) is 4.90 Å². The van der Waals surface area contributed by atoms with Gasteiger partial charge in [-0.1, -0.05) is 27.7 Å². The molecule has 3 fully saturated rings. The van der Waals surface area contributed by atoms with Crippen LogP contribution in [0.4, 0.5) is 4.39 Å². The molecule has 312 valence electrons. The number of alkyl halides is 1. The van der Waals surface area contributed by atoms with Crippen LogP contribution >= 0.6 is 0 Å². The lowest BCUT2D eigenvalue weighted by Crippen LogP contribution is -2.61. The Morgan fingerprint density at radius 2 is 1.53 bits per heavy atom. The summed E-state index contributed by atoms with van der Waals surface area (Å²) in [5.41, 5.74) is -4.82. The van der Waals surface area contributed by atoms with Crippen LogP contribution in [-0.2, 0) is 33.2 Å². The van der Waals surface area contributed by atoms with E-state index in [0.717, 1.165) is 0 Å². The van der Waals surface area contributed by atoms with Gasteiger partial charge in [0, 0.05) is 38.0 Å². The van der Waals surface area contributed by atoms with Gasteiger partial charge in [-0.3, -0.25) is 9.69 Å². The molecule has 3 saturated heterocycles. The van der Waals surface area contributed by atoms with E-state index in [1.54, 1.807) is 60.4 Å². The molecule has 0 aromatic heterocycles. The fraction of sp³-hybridized carbons (Fsp3) is 0.974. The summed E-state index contributed by atoms with van der Waals surface area (Å²) in [5.74, 6) is -4.32. The average molecular weight is 768 g/mol. The number of rotatable bonds is 9. The smallest absolute Gasteiger partial charge is 0.311 e. The molecule has 0 aromatic rings. The van der Waals surface area contributed by atoms with Gasteiger partial charge in [-0.05, 0) is 73.8 Å². The van der Waals surface area contributed by atoms with Crippen LogP contribution in [0.3, 0.4) is 0 Å². The third kappa shape index (κ3) is 10.3. The number of hydrogen-bond donors (Lipinski definition) is 6. The monoisotopic (exact) mass is 767 g/mol. The van der Waals surface area contributed by atoms with E-state index in [2.05, 4.69) is 0 Å². The highest BCUT2D eigenvalue weighted by atomic mass is 19.1. The molecule has 53 heavy (non-hydrogen) atoms. The highest BCUT2D eigenvalue weighted by molar-refractivity contribution is 5.73. The Morgan fingerprint density at radius 3 is 2.09 bits per heavy atom. The first-order chi connectivity index (χ1) is 24.5. The van der Waals surface area contributed by atoms with Crippen molar-refractivity contribution >= 4 is 5.97 Å². The second-order valence-corrected chi connectivity index (χ2v) is 16.9. The first kappa shape index (κ1) is 46.3. The minimum absolute atomic E-state index is 0.0755. The fourth-order valence-electron chi connectivity index (χ4n) is 8.81. The van der Waals surface area contributed by atoms with E-state index in [4.69, 9.17) is 28.4 Å². The van der Waals surface area contributed by atoms with Crippen molar-refractivity contribution in [3.05, 3.63) is 0 Å². The summed E-state index contributed by atoms with van der Waals surface area (Å²) in [6.45, 7) is 15.9. The van der Waals surface area contributed by atoms with Gasteiger partial charge in [0.25, 0.3) is 0 Å². The van der Waals surface area contributed by atoms with E-state index >= 15 is 0 Å². The standard InChI is InChI=1S/C38H70FNO13/c1-13-26-38(10,47)31(43)21(4)28(41)19(2)17-36(8,46)33(53-35-29(42)25(16-20(3)49-35)40(11)15-14-39)22(5)30(23(6)34(45)51-26)52-27-18-37(9,48-12)32(44)24(7)50-27/h19-33,35,41-44,46-47H,13-18H2,1-12H3/t19-,20-,21+,22+,23-,24+,25+,26-,27-,28+,29-,30+,31-,32+,33-,35+,36-,37-,38-/m1/s1. The molecule has 6 N–H and O–H groups in total. The average Bonchev–Trinajstić information content (AvgIpc) is 3.09. The van der Waals surface area contributed by atoms with Crippen molar-refractivity contribution in [3.8, 4) is 0 Å². The quantitative estimate of drug-likeness (QED) is 0.186. The maximum absolute atomic E-state index is 14.1. The number of esters is 1. The number of carbonyl (C=O) groups excluding carboxylic acids is 1. The molecule has 14 nitrogen and oxygen atoms in total. The maximum Gasteiger partial charge on any atom is 0.311 e. The van der Waals surface area contributed by atoms with Gasteiger partial charge < -0.3 is 59.1 Å². The largest absolute Gasteiger partial charge is 0.459 e. The molecule has 0 aliphatic carbocycles. The van der Waals surface area contributed by atoms with Crippen LogP contribution in [0.25, 0.3) is 0 Å². The molecule has 0 radical (unpaired) electrons. The summed E-state index contributed by atoms with van der Waals surface area (Å²) >= 11 is 0. The number of aliphatic hydroxyl groups is 6. The molecule has 0 bridgehead atoms. The minimum Gasteiger partial charge on any atom is -0.459 e. The molecule has 3 rings (SSSR count). The van der Waals surface area contributed by atoms with E-state index in [-0.39, 0.29) is 25.8 Å². The molecule has 3 aliphatic heterocycles. The van der Waals surface area contributed by atoms with Gasteiger partial charge in [0.05, 0.1) is 53.7 Å². The van der Waals surface area contributed by atoms with Crippen molar-refractivity contribution in [2.45, 2.75) is 185 Å². The first-order valence-electron chi connectivity index (χ1n) is 19.3. The second-order valence-electron chi connectivity index (χ2n) is 16.9. The van der Waals surface area contributed by atoms with Gasteiger partial charge in [-0.25, -0.2) is 4.39 Å². The lowest BCUT2D eigenvalue weighted by molar-refractivity contribution is -0.318. The number of ether oxygens (including phenoxy) is 6. The summed E-state index contributed by atoms with van der Waals surface area (Å²) in [5, 5.41) is 69.5. The summed E-state index contributed by atoms with van der Waals surface area (Å²) in [4.78, 5) is 15.8. The molecule has 0 spiro atoms. The Hall–Kier alpha value is -1.08.